The van der Waals surface area contributed by atoms with E-state index in [9.17, 15) is 9.90 Å². The van der Waals surface area contributed by atoms with Crippen LogP contribution < -0.4 is 5.32 Å². The molecule has 0 unspecified atom stereocenters. The molecular formula is C45H85NO3. The summed E-state index contributed by atoms with van der Waals surface area (Å²) < 4.78 is 5.61. The fraction of sp³-hybridized carbons (Fsp3) is 0.844. The summed E-state index contributed by atoms with van der Waals surface area (Å²) in [5, 5.41) is 13.8. The van der Waals surface area contributed by atoms with Gasteiger partial charge < -0.3 is 15.2 Å². The van der Waals surface area contributed by atoms with Crippen LogP contribution in [0.5, 0.6) is 0 Å². The van der Waals surface area contributed by atoms with E-state index in [1.54, 1.807) is 6.08 Å². The molecule has 0 aromatic heterocycles. The molecule has 0 heterocycles. The van der Waals surface area contributed by atoms with Crippen LogP contribution in [0.25, 0.3) is 0 Å². The van der Waals surface area contributed by atoms with Gasteiger partial charge in [-0.1, -0.05) is 198 Å². The summed E-state index contributed by atoms with van der Waals surface area (Å²) in [4.78, 5) is 12.7. The van der Waals surface area contributed by atoms with E-state index in [1.807, 2.05) is 6.08 Å². The number of ether oxygens (including phenoxy) is 1. The molecule has 0 radical (unpaired) electrons. The van der Waals surface area contributed by atoms with Crippen LogP contribution in [0.1, 0.15) is 219 Å². The SMILES string of the molecule is C=CCOC[C@H](NC(=O)CCCCCCCCCCCCC/C=C\CCCCCCCC)[C@H](O)/C=C/CCCCCCCCCCCCC. The monoisotopic (exact) mass is 688 g/mol. The summed E-state index contributed by atoms with van der Waals surface area (Å²) in [6.07, 6.45) is 50.7. The van der Waals surface area contributed by atoms with Crippen molar-refractivity contribution < 1.29 is 14.6 Å². The molecule has 4 heteroatoms. The first-order valence-corrected chi connectivity index (χ1v) is 21.6. The first kappa shape index (κ1) is 47.6. The molecule has 2 atom stereocenters. The van der Waals surface area contributed by atoms with Crippen LogP contribution in [0.15, 0.2) is 37.0 Å². The Balaban J connectivity index is 3.80. The maximum absolute atomic E-state index is 12.7. The molecule has 49 heavy (non-hydrogen) atoms. The third-order valence-electron chi connectivity index (χ3n) is 9.76. The Kier molecular flexibility index (Phi) is 39.9. The molecule has 2 N–H and O–H groups in total. The Bertz CT molecular complexity index is 733. The average molecular weight is 688 g/mol. The Hall–Kier alpha value is -1.39. The molecule has 0 saturated heterocycles. The van der Waals surface area contributed by atoms with Crippen molar-refractivity contribution in [2.24, 2.45) is 0 Å². The van der Waals surface area contributed by atoms with Gasteiger partial charge in [-0.25, -0.2) is 0 Å². The number of carbonyl (C=O) groups is 1. The summed E-state index contributed by atoms with van der Waals surface area (Å²) in [5.74, 6) is 0.0123. The van der Waals surface area contributed by atoms with Gasteiger partial charge in [0.25, 0.3) is 0 Å². The molecule has 1 amide bonds. The summed E-state index contributed by atoms with van der Waals surface area (Å²) in [7, 11) is 0. The van der Waals surface area contributed by atoms with Crippen LogP contribution in [-0.4, -0.2) is 36.4 Å². The van der Waals surface area contributed by atoms with Gasteiger partial charge in [-0.3, -0.25) is 4.79 Å². The highest BCUT2D eigenvalue weighted by Crippen LogP contribution is 2.15. The second-order valence-electron chi connectivity index (χ2n) is 14.7. The predicted octanol–water partition coefficient (Wildman–Crippen LogP) is 13.7. The lowest BCUT2D eigenvalue weighted by atomic mass is 10.0. The van der Waals surface area contributed by atoms with Crippen molar-refractivity contribution in [3.8, 4) is 0 Å². The number of hydrogen-bond donors (Lipinski definition) is 2. The van der Waals surface area contributed by atoms with Gasteiger partial charge in [-0.2, -0.15) is 0 Å². The number of rotatable bonds is 40. The number of amides is 1. The van der Waals surface area contributed by atoms with Crippen molar-refractivity contribution >= 4 is 5.91 Å². The molecule has 288 valence electrons. The summed E-state index contributed by atoms with van der Waals surface area (Å²) in [6, 6.07) is -0.424. The van der Waals surface area contributed by atoms with Crippen LogP contribution in [-0.2, 0) is 9.53 Å². The summed E-state index contributed by atoms with van der Waals surface area (Å²) in [5.41, 5.74) is 0. The Labute approximate surface area is 306 Å². The first-order valence-electron chi connectivity index (χ1n) is 21.6. The highest BCUT2D eigenvalue weighted by Gasteiger charge is 2.19. The number of aliphatic hydroxyl groups is 1. The van der Waals surface area contributed by atoms with Gasteiger partial charge in [0.05, 0.1) is 25.4 Å². The maximum atomic E-state index is 12.7. The summed E-state index contributed by atoms with van der Waals surface area (Å²) >= 11 is 0. The lowest BCUT2D eigenvalue weighted by Crippen LogP contribution is -2.45. The fourth-order valence-corrected chi connectivity index (χ4v) is 6.50. The van der Waals surface area contributed by atoms with Gasteiger partial charge >= 0.3 is 0 Å². The molecule has 0 spiro atoms. The molecule has 0 saturated carbocycles. The van der Waals surface area contributed by atoms with E-state index in [2.05, 4.69) is 44.0 Å². The number of nitrogens with one attached hydrogen (secondary N) is 1. The van der Waals surface area contributed by atoms with Gasteiger partial charge in [0.1, 0.15) is 0 Å². The largest absolute Gasteiger partial charge is 0.387 e. The van der Waals surface area contributed by atoms with E-state index in [4.69, 9.17) is 4.74 Å². The van der Waals surface area contributed by atoms with Gasteiger partial charge in [0, 0.05) is 6.42 Å². The van der Waals surface area contributed by atoms with Crippen molar-refractivity contribution in [2.45, 2.75) is 231 Å². The molecule has 0 aliphatic heterocycles. The van der Waals surface area contributed by atoms with Gasteiger partial charge in [0.2, 0.25) is 5.91 Å². The summed E-state index contributed by atoms with van der Waals surface area (Å²) in [6.45, 7) is 8.96. The highest BCUT2D eigenvalue weighted by atomic mass is 16.5. The first-order chi connectivity index (χ1) is 24.2. The second-order valence-corrected chi connectivity index (χ2v) is 14.7. The number of allylic oxidation sites excluding steroid dienone is 3. The van der Waals surface area contributed by atoms with Crippen molar-refractivity contribution in [1.82, 2.24) is 5.32 Å². The van der Waals surface area contributed by atoms with E-state index in [0.717, 1.165) is 25.7 Å². The predicted molar refractivity (Wildman–Crippen MR) is 216 cm³/mol. The lowest BCUT2D eigenvalue weighted by Gasteiger charge is -2.22. The Morgan fingerprint density at radius 1 is 0.571 bits per heavy atom. The van der Waals surface area contributed by atoms with E-state index in [1.165, 1.54) is 173 Å². The standard InChI is InChI=1S/C45H85NO3/c1-4-7-9-11-13-15-17-19-20-21-22-23-24-25-26-28-30-32-34-36-38-40-45(48)46-43(42-49-41-6-3)44(47)39-37-35-33-31-29-27-18-16-14-12-10-8-5-2/h6,19-20,37,39,43-44,47H,3-5,7-18,21-36,38,40-42H2,1-2H3,(H,46,48)/b20-19-,39-37+/t43-,44+/m0/s1. The molecule has 0 aliphatic rings. The number of aliphatic hydroxyl groups excluding tert-OH is 1. The molecule has 0 rings (SSSR count). The number of carbonyl (C=O) groups excluding carboxylic acids is 1. The normalized spacial score (nSPS) is 13.0. The topological polar surface area (TPSA) is 58.6 Å². The van der Waals surface area contributed by atoms with E-state index < -0.39 is 12.1 Å². The van der Waals surface area contributed by atoms with Crippen LogP contribution in [0.2, 0.25) is 0 Å². The molecule has 0 aromatic rings. The van der Waals surface area contributed by atoms with Crippen molar-refractivity contribution in [3.05, 3.63) is 37.0 Å². The Morgan fingerprint density at radius 2 is 0.939 bits per heavy atom. The lowest BCUT2D eigenvalue weighted by molar-refractivity contribution is -0.123. The van der Waals surface area contributed by atoms with Crippen LogP contribution in [0, 0.1) is 0 Å². The smallest absolute Gasteiger partial charge is 0.220 e. The minimum Gasteiger partial charge on any atom is -0.387 e. The molecule has 4 nitrogen and oxygen atoms in total. The van der Waals surface area contributed by atoms with E-state index in [-0.39, 0.29) is 12.5 Å². The zero-order valence-corrected chi connectivity index (χ0v) is 33.1. The number of unbranched alkanes of at least 4 members (excludes halogenated alkanes) is 28. The Morgan fingerprint density at radius 3 is 1.35 bits per heavy atom. The van der Waals surface area contributed by atoms with E-state index >= 15 is 0 Å². The van der Waals surface area contributed by atoms with Gasteiger partial charge in [0.15, 0.2) is 0 Å². The second kappa shape index (κ2) is 41.0. The zero-order valence-electron chi connectivity index (χ0n) is 33.1. The third-order valence-corrected chi connectivity index (χ3v) is 9.76. The third kappa shape index (κ3) is 37.7. The highest BCUT2D eigenvalue weighted by molar-refractivity contribution is 5.76. The van der Waals surface area contributed by atoms with E-state index in [0.29, 0.717) is 13.0 Å². The minimum absolute atomic E-state index is 0.0123. The maximum Gasteiger partial charge on any atom is 0.220 e. The van der Waals surface area contributed by atoms with Crippen LogP contribution in [0.4, 0.5) is 0 Å². The fourth-order valence-electron chi connectivity index (χ4n) is 6.50. The average Bonchev–Trinajstić information content (AvgIpc) is 3.10. The molecule has 0 fully saturated rings. The molecular weight excluding hydrogens is 602 g/mol. The van der Waals surface area contributed by atoms with Crippen molar-refractivity contribution in [2.75, 3.05) is 13.2 Å². The molecule has 0 bridgehead atoms. The minimum atomic E-state index is -0.738. The molecule has 0 aromatic carbocycles. The van der Waals surface area contributed by atoms with Crippen molar-refractivity contribution in [3.63, 3.8) is 0 Å². The van der Waals surface area contributed by atoms with Crippen LogP contribution >= 0.6 is 0 Å². The van der Waals surface area contributed by atoms with Gasteiger partial charge in [-0.15, -0.1) is 6.58 Å². The zero-order chi connectivity index (χ0) is 35.7. The van der Waals surface area contributed by atoms with Gasteiger partial charge in [-0.05, 0) is 44.9 Å². The molecule has 0 aliphatic carbocycles. The van der Waals surface area contributed by atoms with Crippen LogP contribution in [0.3, 0.4) is 0 Å². The number of hydrogen-bond acceptors (Lipinski definition) is 3. The quantitative estimate of drug-likeness (QED) is 0.0498. The van der Waals surface area contributed by atoms with Crippen molar-refractivity contribution in [1.29, 1.82) is 0 Å².